The summed E-state index contributed by atoms with van der Waals surface area (Å²) in [5, 5.41) is 14.4. The average Bonchev–Trinajstić information content (AvgIpc) is 2.83. The largest absolute Gasteiger partial charge is 0.478 e. The van der Waals surface area contributed by atoms with Crippen LogP contribution in [0.5, 0.6) is 0 Å². The highest BCUT2D eigenvalue weighted by molar-refractivity contribution is 9.10. The summed E-state index contributed by atoms with van der Waals surface area (Å²) in [5.41, 5.74) is 2.54. The van der Waals surface area contributed by atoms with E-state index in [0.717, 1.165) is 18.7 Å². The number of aromatic carboxylic acids is 1. The molecule has 0 amide bonds. The number of halogens is 1. The summed E-state index contributed by atoms with van der Waals surface area (Å²) in [4.78, 5) is 12.2. The van der Waals surface area contributed by atoms with Crippen molar-refractivity contribution >= 4 is 38.9 Å². The van der Waals surface area contributed by atoms with Gasteiger partial charge in [0.15, 0.2) is 0 Å². The van der Waals surface area contributed by atoms with Gasteiger partial charge in [-0.25, -0.2) is 4.79 Å². The van der Waals surface area contributed by atoms with Gasteiger partial charge >= 0.3 is 5.97 Å². The van der Waals surface area contributed by atoms with Crippen LogP contribution < -0.4 is 5.32 Å². The molecule has 0 atom stereocenters. The number of carbonyl (C=O) groups is 1. The van der Waals surface area contributed by atoms with Crippen LogP contribution in [0.25, 0.3) is 0 Å². The van der Waals surface area contributed by atoms with Crippen molar-refractivity contribution in [3.05, 3.63) is 50.1 Å². The summed E-state index contributed by atoms with van der Waals surface area (Å²) in [6.07, 6.45) is 1.03. The van der Waals surface area contributed by atoms with Gasteiger partial charge in [-0.1, -0.05) is 6.92 Å². The van der Waals surface area contributed by atoms with E-state index in [0.29, 0.717) is 4.47 Å². The van der Waals surface area contributed by atoms with E-state index in [1.54, 1.807) is 29.5 Å². The first-order valence-electron chi connectivity index (χ1n) is 5.93. The minimum atomic E-state index is -0.926. The Bertz CT molecular complexity index is 595. The number of benzene rings is 1. The Kier molecular flexibility index (Phi) is 4.61. The first-order valence-corrected chi connectivity index (χ1v) is 7.61. The maximum Gasteiger partial charge on any atom is 0.336 e. The molecule has 0 saturated heterocycles. The third-order valence-corrected chi connectivity index (χ3v) is 4.49. The molecule has 0 aliphatic heterocycles. The van der Waals surface area contributed by atoms with Crippen LogP contribution in [0, 0.1) is 0 Å². The van der Waals surface area contributed by atoms with E-state index in [1.165, 1.54) is 10.4 Å². The van der Waals surface area contributed by atoms with E-state index < -0.39 is 5.97 Å². The van der Waals surface area contributed by atoms with Crippen molar-refractivity contribution in [2.75, 3.05) is 5.32 Å². The lowest BCUT2D eigenvalue weighted by Gasteiger charge is -2.08. The molecule has 2 N–H and O–H groups in total. The van der Waals surface area contributed by atoms with E-state index >= 15 is 0 Å². The van der Waals surface area contributed by atoms with Gasteiger partial charge in [0.25, 0.3) is 0 Å². The summed E-state index contributed by atoms with van der Waals surface area (Å²) in [5.74, 6) is -0.926. The maximum absolute atomic E-state index is 10.9. The molecule has 0 saturated carbocycles. The molecule has 2 aromatic rings. The van der Waals surface area contributed by atoms with Gasteiger partial charge in [0.05, 0.1) is 5.56 Å². The molecule has 2 rings (SSSR count). The van der Waals surface area contributed by atoms with Crippen molar-refractivity contribution in [2.45, 2.75) is 19.9 Å². The molecule has 1 aromatic carbocycles. The van der Waals surface area contributed by atoms with Crippen molar-refractivity contribution < 1.29 is 9.90 Å². The van der Waals surface area contributed by atoms with Gasteiger partial charge in [-0.3, -0.25) is 0 Å². The molecule has 5 heteroatoms. The van der Waals surface area contributed by atoms with E-state index in [2.05, 4.69) is 39.6 Å². The minimum absolute atomic E-state index is 0.274. The van der Waals surface area contributed by atoms with Crippen molar-refractivity contribution in [2.24, 2.45) is 0 Å². The molecule has 0 spiro atoms. The van der Waals surface area contributed by atoms with Crippen LogP contribution in [0.2, 0.25) is 0 Å². The zero-order valence-corrected chi connectivity index (χ0v) is 12.8. The van der Waals surface area contributed by atoms with Crippen LogP contribution in [0.4, 0.5) is 5.69 Å². The number of carboxylic acids is 1. The summed E-state index contributed by atoms with van der Waals surface area (Å²) in [6, 6.07) is 7.32. The number of nitrogens with one attached hydrogen (secondary N) is 1. The predicted octanol–water partition coefficient (Wildman–Crippen LogP) is 4.38. The van der Waals surface area contributed by atoms with E-state index in [9.17, 15) is 4.79 Å². The standard InChI is InChI=1S/C14H14BrNO2S/c1-2-9-5-6-19-13(9)8-16-10-3-4-11(14(17)18)12(15)7-10/h3-7,16H,2,8H2,1H3,(H,17,18). The third-order valence-electron chi connectivity index (χ3n) is 2.87. The van der Waals surface area contributed by atoms with Crippen LogP contribution in [0.3, 0.4) is 0 Å². The number of rotatable bonds is 5. The lowest BCUT2D eigenvalue weighted by molar-refractivity contribution is 0.0696. The Balaban J connectivity index is 2.08. The third kappa shape index (κ3) is 3.36. The lowest BCUT2D eigenvalue weighted by Crippen LogP contribution is -2.02. The van der Waals surface area contributed by atoms with Crippen molar-refractivity contribution in [3.8, 4) is 0 Å². The molecular weight excluding hydrogens is 326 g/mol. The van der Waals surface area contributed by atoms with Gasteiger partial charge in [0.1, 0.15) is 0 Å². The van der Waals surface area contributed by atoms with Crippen LogP contribution in [0.15, 0.2) is 34.1 Å². The summed E-state index contributed by atoms with van der Waals surface area (Å²) < 4.78 is 0.590. The fourth-order valence-electron chi connectivity index (χ4n) is 1.82. The second-order valence-electron chi connectivity index (χ2n) is 4.08. The molecule has 1 aromatic heterocycles. The highest BCUT2D eigenvalue weighted by Crippen LogP contribution is 2.23. The van der Waals surface area contributed by atoms with Gasteiger partial charge in [0.2, 0.25) is 0 Å². The quantitative estimate of drug-likeness (QED) is 0.849. The first kappa shape index (κ1) is 14.1. The van der Waals surface area contributed by atoms with Gasteiger partial charge in [-0.15, -0.1) is 11.3 Å². The number of thiophene rings is 1. The number of aryl methyl sites for hydroxylation is 1. The fraction of sp³-hybridized carbons (Fsp3) is 0.214. The Labute approximate surface area is 124 Å². The van der Waals surface area contributed by atoms with Crippen LogP contribution in [-0.2, 0) is 13.0 Å². The molecule has 1 heterocycles. The molecule has 0 unspecified atom stereocenters. The van der Waals surface area contributed by atoms with E-state index in [-0.39, 0.29) is 5.56 Å². The van der Waals surface area contributed by atoms with E-state index in [1.807, 2.05) is 0 Å². The molecule has 19 heavy (non-hydrogen) atoms. The Morgan fingerprint density at radius 1 is 1.42 bits per heavy atom. The second kappa shape index (κ2) is 6.21. The average molecular weight is 340 g/mol. The molecule has 0 aliphatic carbocycles. The summed E-state index contributed by atoms with van der Waals surface area (Å²) in [7, 11) is 0. The fourth-order valence-corrected chi connectivity index (χ4v) is 3.28. The topological polar surface area (TPSA) is 49.3 Å². The van der Waals surface area contributed by atoms with Crippen molar-refractivity contribution in [1.82, 2.24) is 0 Å². The number of hydrogen-bond donors (Lipinski definition) is 2. The lowest BCUT2D eigenvalue weighted by atomic mass is 10.2. The van der Waals surface area contributed by atoms with Gasteiger partial charge in [-0.05, 0) is 57.6 Å². The first-order chi connectivity index (χ1) is 9.11. The van der Waals surface area contributed by atoms with Gasteiger partial charge in [-0.2, -0.15) is 0 Å². The number of anilines is 1. The van der Waals surface area contributed by atoms with E-state index in [4.69, 9.17) is 5.11 Å². The molecule has 0 aliphatic rings. The SMILES string of the molecule is CCc1ccsc1CNc1ccc(C(=O)O)c(Br)c1. The van der Waals surface area contributed by atoms with Crippen LogP contribution in [0.1, 0.15) is 27.7 Å². The summed E-state index contributed by atoms with van der Waals surface area (Å²) in [6.45, 7) is 2.91. The number of hydrogen-bond acceptors (Lipinski definition) is 3. The van der Waals surface area contributed by atoms with Crippen LogP contribution in [-0.4, -0.2) is 11.1 Å². The highest BCUT2D eigenvalue weighted by Gasteiger charge is 2.08. The van der Waals surface area contributed by atoms with Crippen LogP contribution >= 0.6 is 27.3 Å². The molecule has 100 valence electrons. The predicted molar refractivity (Wildman–Crippen MR) is 82.1 cm³/mol. The molecule has 0 fully saturated rings. The summed E-state index contributed by atoms with van der Waals surface area (Å²) >= 11 is 5.01. The second-order valence-corrected chi connectivity index (χ2v) is 5.93. The van der Waals surface area contributed by atoms with Crippen molar-refractivity contribution in [1.29, 1.82) is 0 Å². The Morgan fingerprint density at radius 3 is 2.84 bits per heavy atom. The normalized spacial score (nSPS) is 10.4. The van der Waals surface area contributed by atoms with Gasteiger partial charge < -0.3 is 10.4 Å². The Morgan fingerprint density at radius 2 is 2.21 bits per heavy atom. The minimum Gasteiger partial charge on any atom is -0.478 e. The smallest absolute Gasteiger partial charge is 0.336 e. The highest BCUT2D eigenvalue weighted by atomic mass is 79.9. The molecule has 0 radical (unpaired) electrons. The monoisotopic (exact) mass is 339 g/mol. The van der Waals surface area contributed by atoms with Gasteiger partial charge in [0, 0.05) is 21.6 Å². The zero-order chi connectivity index (χ0) is 13.8. The number of carboxylic acid groups (broad SMARTS) is 1. The zero-order valence-electron chi connectivity index (χ0n) is 10.4. The molecule has 0 bridgehead atoms. The molecular formula is C14H14BrNO2S. The molecule has 3 nitrogen and oxygen atoms in total. The van der Waals surface area contributed by atoms with Crippen molar-refractivity contribution in [3.63, 3.8) is 0 Å². The Hall–Kier alpha value is -1.33. The maximum atomic E-state index is 10.9.